The second-order valence-corrected chi connectivity index (χ2v) is 11.9. The molecule has 2 bridgehead atoms. The minimum absolute atomic E-state index is 0.0831. The average molecular weight is 579 g/mol. The van der Waals surface area contributed by atoms with Crippen LogP contribution in [0.5, 0.6) is 0 Å². The van der Waals surface area contributed by atoms with Crippen LogP contribution in [0, 0.1) is 23.7 Å². The van der Waals surface area contributed by atoms with E-state index in [9.17, 15) is 19.2 Å². The SMILES string of the molecule is C[C@H](OC(=O)c1cc(-c2ccc(N3C(=O)[C@H]4[C@H]5CC[C@@H](C5)[C@@H]4C3=O)cc2)nc2ccccc12)C(=O)c1cccc(Cl)c1. The van der Waals surface area contributed by atoms with Crippen molar-refractivity contribution < 1.29 is 23.9 Å². The molecule has 8 heteroatoms. The molecule has 1 saturated heterocycles. The Labute approximate surface area is 247 Å². The minimum atomic E-state index is -1.03. The summed E-state index contributed by atoms with van der Waals surface area (Å²) in [6.07, 6.45) is 2.02. The van der Waals surface area contributed by atoms with E-state index in [-0.39, 0.29) is 35.0 Å². The van der Waals surface area contributed by atoms with Gasteiger partial charge in [-0.15, -0.1) is 0 Å². The van der Waals surface area contributed by atoms with Crippen LogP contribution in [-0.2, 0) is 14.3 Å². The van der Waals surface area contributed by atoms with Gasteiger partial charge in [-0.05, 0) is 74.4 Å². The molecule has 42 heavy (non-hydrogen) atoms. The molecule has 0 spiro atoms. The molecule has 210 valence electrons. The number of rotatable bonds is 6. The van der Waals surface area contributed by atoms with E-state index in [1.165, 1.54) is 17.9 Å². The van der Waals surface area contributed by atoms with Gasteiger partial charge in [0.15, 0.2) is 6.10 Å². The highest BCUT2D eigenvalue weighted by Crippen LogP contribution is 2.56. The van der Waals surface area contributed by atoms with Crippen LogP contribution in [0.4, 0.5) is 5.69 Å². The quantitative estimate of drug-likeness (QED) is 0.147. The van der Waals surface area contributed by atoms with Gasteiger partial charge in [-0.1, -0.05) is 54.1 Å². The first-order chi connectivity index (χ1) is 20.3. The Morgan fingerprint density at radius 3 is 2.29 bits per heavy atom. The smallest absolute Gasteiger partial charge is 0.339 e. The Morgan fingerprint density at radius 2 is 1.60 bits per heavy atom. The number of Topliss-reactive ketones (excluding diaryl/α,β-unsaturated/α-hetero) is 1. The highest BCUT2D eigenvalue weighted by Gasteiger charge is 2.61. The van der Waals surface area contributed by atoms with Gasteiger partial charge in [0.1, 0.15) is 0 Å². The first-order valence-electron chi connectivity index (χ1n) is 14.2. The summed E-state index contributed by atoms with van der Waals surface area (Å²) in [7, 11) is 0. The van der Waals surface area contributed by atoms with Gasteiger partial charge < -0.3 is 4.74 Å². The summed E-state index contributed by atoms with van der Waals surface area (Å²) in [5.41, 5.74) is 3.01. The van der Waals surface area contributed by atoms with E-state index in [1.807, 2.05) is 6.07 Å². The number of ether oxygens (including phenoxy) is 1. The molecule has 2 heterocycles. The van der Waals surface area contributed by atoms with Crippen LogP contribution >= 0.6 is 11.6 Å². The van der Waals surface area contributed by atoms with Gasteiger partial charge in [-0.3, -0.25) is 19.3 Å². The van der Waals surface area contributed by atoms with Crippen molar-refractivity contribution >= 4 is 51.8 Å². The number of carbonyl (C=O) groups is 4. The Hall–Kier alpha value is -4.36. The highest BCUT2D eigenvalue weighted by molar-refractivity contribution is 6.31. The monoisotopic (exact) mass is 578 g/mol. The third kappa shape index (κ3) is 4.31. The highest BCUT2D eigenvalue weighted by atomic mass is 35.5. The average Bonchev–Trinajstić information content (AvgIpc) is 3.69. The fraction of sp³-hybridized carbons (Fsp3) is 0.265. The van der Waals surface area contributed by atoms with Crippen molar-refractivity contribution in [3.8, 4) is 11.3 Å². The van der Waals surface area contributed by atoms with Crippen LogP contribution < -0.4 is 4.90 Å². The largest absolute Gasteiger partial charge is 0.451 e. The molecule has 5 atom stereocenters. The summed E-state index contributed by atoms with van der Waals surface area (Å²) in [5.74, 6) is -0.888. The van der Waals surface area contributed by atoms with Crippen molar-refractivity contribution in [2.24, 2.45) is 23.7 Å². The summed E-state index contributed by atoms with van der Waals surface area (Å²) < 4.78 is 5.62. The zero-order chi connectivity index (χ0) is 29.1. The van der Waals surface area contributed by atoms with E-state index < -0.39 is 12.1 Å². The second kappa shape index (κ2) is 10.2. The number of anilines is 1. The summed E-state index contributed by atoms with van der Waals surface area (Å²) in [6, 6.07) is 22.5. The number of benzene rings is 3. The fourth-order valence-corrected chi connectivity index (χ4v) is 7.28. The standard InChI is InChI=1S/C34H27ClN2O5/c1-18(31(38)22-5-4-6-23(35)16-22)42-34(41)26-17-28(36-27-8-3-2-7-25(26)27)19-11-13-24(14-12-19)37-32(39)29-20-9-10-21(15-20)30(29)33(37)40/h2-8,11-14,16-18,20-21,29-30H,9-10,15H2,1H3/t18-,20-,21-,29-,30-/m0/s1. The molecule has 0 unspecified atom stereocenters. The zero-order valence-electron chi connectivity index (χ0n) is 22.8. The Kier molecular flexibility index (Phi) is 6.43. The third-order valence-corrected chi connectivity index (χ3v) is 9.28. The van der Waals surface area contributed by atoms with Gasteiger partial charge in [0.05, 0.1) is 34.3 Å². The lowest BCUT2D eigenvalue weighted by Crippen LogP contribution is -2.32. The number of esters is 1. The molecule has 3 fully saturated rings. The van der Waals surface area contributed by atoms with Crippen LogP contribution in [0.15, 0.2) is 78.9 Å². The summed E-state index contributed by atoms with van der Waals surface area (Å²) >= 11 is 6.03. The molecule has 1 aromatic heterocycles. The molecular formula is C34H27ClN2O5. The number of hydrogen-bond donors (Lipinski definition) is 0. The lowest BCUT2D eigenvalue weighted by Gasteiger charge is -2.19. The van der Waals surface area contributed by atoms with Crippen LogP contribution in [-0.4, -0.2) is 34.7 Å². The number of para-hydroxylation sites is 1. The van der Waals surface area contributed by atoms with E-state index in [2.05, 4.69) is 0 Å². The number of aromatic nitrogens is 1. The van der Waals surface area contributed by atoms with E-state index >= 15 is 0 Å². The molecule has 7 rings (SSSR count). The maximum absolute atomic E-state index is 13.4. The first-order valence-corrected chi connectivity index (χ1v) is 14.6. The van der Waals surface area contributed by atoms with Crippen molar-refractivity contribution in [2.75, 3.05) is 4.90 Å². The van der Waals surface area contributed by atoms with Crippen LogP contribution in [0.2, 0.25) is 5.02 Å². The molecule has 2 amide bonds. The molecule has 2 aliphatic carbocycles. The van der Waals surface area contributed by atoms with E-state index in [0.717, 1.165) is 19.3 Å². The van der Waals surface area contributed by atoms with Gasteiger partial charge in [-0.25, -0.2) is 9.78 Å². The predicted octanol–water partition coefficient (Wildman–Crippen LogP) is 6.52. The minimum Gasteiger partial charge on any atom is -0.451 e. The number of nitrogens with zero attached hydrogens (tertiary/aromatic N) is 2. The number of ketones is 1. The molecule has 4 aromatic rings. The molecule has 1 aliphatic heterocycles. The maximum Gasteiger partial charge on any atom is 0.339 e. The van der Waals surface area contributed by atoms with Crippen molar-refractivity contribution in [2.45, 2.75) is 32.3 Å². The molecular weight excluding hydrogens is 552 g/mol. The first kappa shape index (κ1) is 26.5. The molecule has 0 radical (unpaired) electrons. The Morgan fingerprint density at radius 1 is 0.905 bits per heavy atom. The Balaban J connectivity index is 1.16. The molecule has 3 aliphatic rings. The maximum atomic E-state index is 13.4. The van der Waals surface area contributed by atoms with E-state index in [4.69, 9.17) is 21.3 Å². The van der Waals surface area contributed by atoms with Gasteiger partial charge >= 0.3 is 5.97 Å². The lowest BCUT2D eigenvalue weighted by molar-refractivity contribution is -0.123. The molecule has 2 saturated carbocycles. The topological polar surface area (TPSA) is 93.6 Å². The number of fused-ring (bicyclic) bond motifs is 6. The lowest BCUT2D eigenvalue weighted by atomic mass is 9.81. The summed E-state index contributed by atoms with van der Waals surface area (Å²) in [5, 5.41) is 1.02. The van der Waals surface area contributed by atoms with Gasteiger partial charge in [0.25, 0.3) is 0 Å². The van der Waals surface area contributed by atoms with Gasteiger partial charge in [0, 0.05) is 21.5 Å². The number of imide groups is 1. The van der Waals surface area contributed by atoms with Crippen molar-refractivity contribution in [3.63, 3.8) is 0 Å². The van der Waals surface area contributed by atoms with Crippen LogP contribution in [0.25, 0.3) is 22.2 Å². The number of halogens is 1. The predicted molar refractivity (Wildman–Crippen MR) is 158 cm³/mol. The number of carbonyl (C=O) groups excluding carboxylic acids is 4. The van der Waals surface area contributed by atoms with Gasteiger partial charge in [-0.2, -0.15) is 0 Å². The zero-order valence-corrected chi connectivity index (χ0v) is 23.6. The molecule has 3 aromatic carbocycles. The number of amides is 2. The van der Waals surface area contributed by atoms with Crippen LogP contribution in [0.3, 0.4) is 0 Å². The van der Waals surface area contributed by atoms with E-state index in [0.29, 0.717) is 50.3 Å². The second-order valence-electron chi connectivity index (χ2n) is 11.4. The third-order valence-electron chi connectivity index (χ3n) is 9.05. The van der Waals surface area contributed by atoms with E-state index in [1.54, 1.807) is 66.7 Å². The number of pyridine rings is 1. The normalized spacial score (nSPS) is 23.3. The molecule has 7 nitrogen and oxygen atoms in total. The summed E-state index contributed by atoms with van der Waals surface area (Å²) in [6.45, 7) is 1.53. The van der Waals surface area contributed by atoms with Crippen molar-refractivity contribution in [1.82, 2.24) is 4.98 Å². The Bertz CT molecular complexity index is 1760. The van der Waals surface area contributed by atoms with Gasteiger partial charge in [0.2, 0.25) is 17.6 Å². The van der Waals surface area contributed by atoms with Crippen molar-refractivity contribution in [3.05, 3.63) is 95.0 Å². The van der Waals surface area contributed by atoms with Crippen molar-refractivity contribution in [1.29, 1.82) is 0 Å². The fourth-order valence-electron chi connectivity index (χ4n) is 7.09. The van der Waals surface area contributed by atoms with Crippen LogP contribution in [0.1, 0.15) is 46.9 Å². The molecule has 0 N–H and O–H groups in total. The number of hydrogen-bond acceptors (Lipinski definition) is 6. The summed E-state index contributed by atoms with van der Waals surface area (Å²) in [4.78, 5) is 58.9.